The fourth-order valence-corrected chi connectivity index (χ4v) is 3.03. The molecule has 0 aliphatic heterocycles. The molecule has 28 heavy (non-hydrogen) atoms. The van der Waals surface area contributed by atoms with Gasteiger partial charge in [-0.25, -0.2) is 9.97 Å². The van der Waals surface area contributed by atoms with E-state index in [0.29, 0.717) is 11.5 Å². The van der Waals surface area contributed by atoms with Crippen LogP contribution in [0.2, 0.25) is 0 Å². The van der Waals surface area contributed by atoms with Gasteiger partial charge in [-0.05, 0) is 43.0 Å². The number of hydrogen-bond donors (Lipinski definition) is 4. The van der Waals surface area contributed by atoms with Crippen LogP contribution in [0.5, 0.6) is 0 Å². The van der Waals surface area contributed by atoms with Crippen LogP contribution in [0.4, 0.5) is 17.3 Å². The molecule has 0 bridgehead atoms. The molecule has 1 aliphatic carbocycles. The Kier molecular flexibility index (Phi) is 4.48. The van der Waals surface area contributed by atoms with Gasteiger partial charge in [0.15, 0.2) is 11.5 Å². The predicted molar refractivity (Wildman–Crippen MR) is 105 cm³/mol. The van der Waals surface area contributed by atoms with E-state index in [0.717, 1.165) is 23.7 Å². The second kappa shape index (κ2) is 7.10. The summed E-state index contributed by atoms with van der Waals surface area (Å²) in [5.41, 5.74) is 12.4. The Labute approximate surface area is 160 Å². The first-order valence-corrected chi connectivity index (χ1v) is 8.86. The first-order chi connectivity index (χ1) is 13.5. The highest BCUT2D eigenvalue weighted by Gasteiger charge is 2.35. The van der Waals surface area contributed by atoms with Crippen molar-refractivity contribution >= 4 is 40.0 Å². The van der Waals surface area contributed by atoms with Gasteiger partial charge in [0, 0.05) is 17.3 Å². The zero-order valence-corrected chi connectivity index (χ0v) is 14.9. The fraction of sp³-hybridized carbons (Fsp3) is 0.211. The second-order valence-electron chi connectivity index (χ2n) is 6.71. The van der Waals surface area contributed by atoms with E-state index < -0.39 is 17.9 Å². The molecule has 0 unspecified atom stereocenters. The number of aromatic nitrogens is 3. The highest BCUT2D eigenvalue weighted by Crippen LogP contribution is 2.34. The summed E-state index contributed by atoms with van der Waals surface area (Å²) in [6.45, 7) is 0. The van der Waals surface area contributed by atoms with Gasteiger partial charge in [-0.2, -0.15) is 0 Å². The lowest BCUT2D eigenvalue weighted by molar-refractivity contribution is -0.119. The predicted octanol–water partition coefficient (Wildman–Crippen LogP) is 1.54. The number of hydrogen-bond acceptors (Lipinski definition) is 7. The Morgan fingerprint density at radius 1 is 1.14 bits per heavy atom. The SMILES string of the molecule is NC(=O)c1ncc(N[C@@H](C(N)=O)C2CC2)nc1Nc1ccc2ncccc2c1. The van der Waals surface area contributed by atoms with Crippen molar-refractivity contribution in [3.63, 3.8) is 0 Å². The number of rotatable bonds is 7. The zero-order valence-electron chi connectivity index (χ0n) is 14.9. The summed E-state index contributed by atoms with van der Waals surface area (Å²) in [5, 5.41) is 7.02. The van der Waals surface area contributed by atoms with Crippen LogP contribution in [0, 0.1) is 5.92 Å². The minimum absolute atomic E-state index is 0.00104. The lowest BCUT2D eigenvalue weighted by Crippen LogP contribution is -2.37. The minimum atomic E-state index is -0.711. The van der Waals surface area contributed by atoms with Crippen molar-refractivity contribution in [2.75, 3.05) is 10.6 Å². The fourth-order valence-electron chi connectivity index (χ4n) is 3.03. The van der Waals surface area contributed by atoms with Crippen molar-refractivity contribution in [2.45, 2.75) is 18.9 Å². The quantitative estimate of drug-likeness (QED) is 0.488. The van der Waals surface area contributed by atoms with Gasteiger partial charge in [0.05, 0.1) is 11.7 Å². The topological polar surface area (TPSA) is 149 Å². The van der Waals surface area contributed by atoms with Crippen LogP contribution in [-0.2, 0) is 4.79 Å². The van der Waals surface area contributed by atoms with Crippen molar-refractivity contribution in [2.24, 2.45) is 17.4 Å². The first kappa shape index (κ1) is 17.7. The number of anilines is 3. The van der Waals surface area contributed by atoms with Gasteiger partial charge in [-0.3, -0.25) is 14.6 Å². The molecule has 1 aromatic carbocycles. The molecule has 1 fully saturated rings. The highest BCUT2D eigenvalue weighted by molar-refractivity contribution is 5.97. The number of benzene rings is 1. The number of nitrogens with two attached hydrogens (primary N) is 2. The number of carbonyl (C=O) groups is 2. The summed E-state index contributed by atoms with van der Waals surface area (Å²) in [5.74, 6) is -0.428. The van der Waals surface area contributed by atoms with Crippen molar-refractivity contribution in [3.05, 3.63) is 48.4 Å². The second-order valence-corrected chi connectivity index (χ2v) is 6.71. The van der Waals surface area contributed by atoms with E-state index in [9.17, 15) is 9.59 Å². The van der Waals surface area contributed by atoms with E-state index in [1.165, 1.54) is 6.20 Å². The number of nitrogens with zero attached hydrogens (tertiary/aromatic N) is 3. The van der Waals surface area contributed by atoms with E-state index in [1.54, 1.807) is 6.20 Å². The lowest BCUT2D eigenvalue weighted by Gasteiger charge is -2.16. The van der Waals surface area contributed by atoms with Crippen LogP contribution >= 0.6 is 0 Å². The summed E-state index contributed by atoms with van der Waals surface area (Å²) in [6.07, 6.45) is 4.96. The Bertz CT molecular complexity index is 1070. The van der Waals surface area contributed by atoms with Crippen LogP contribution in [0.3, 0.4) is 0 Å². The Balaban J connectivity index is 1.65. The van der Waals surface area contributed by atoms with Gasteiger partial charge in [0.25, 0.3) is 5.91 Å². The van der Waals surface area contributed by atoms with Crippen LogP contribution in [0.15, 0.2) is 42.7 Å². The van der Waals surface area contributed by atoms with Gasteiger partial charge in [0.1, 0.15) is 11.9 Å². The third-order valence-electron chi connectivity index (χ3n) is 4.57. The summed E-state index contributed by atoms with van der Waals surface area (Å²) >= 11 is 0. The largest absolute Gasteiger partial charge is 0.368 e. The number of amides is 2. The summed E-state index contributed by atoms with van der Waals surface area (Å²) in [4.78, 5) is 36.2. The molecule has 142 valence electrons. The highest BCUT2D eigenvalue weighted by atomic mass is 16.1. The van der Waals surface area contributed by atoms with E-state index in [-0.39, 0.29) is 17.4 Å². The van der Waals surface area contributed by atoms with Crippen molar-refractivity contribution < 1.29 is 9.59 Å². The number of pyridine rings is 1. The van der Waals surface area contributed by atoms with Gasteiger partial charge in [0.2, 0.25) is 5.91 Å². The molecule has 9 nitrogen and oxygen atoms in total. The molecule has 0 spiro atoms. The van der Waals surface area contributed by atoms with Crippen LogP contribution in [0.25, 0.3) is 10.9 Å². The summed E-state index contributed by atoms with van der Waals surface area (Å²) < 4.78 is 0. The number of primary amides is 2. The van der Waals surface area contributed by atoms with E-state index in [2.05, 4.69) is 25.6 Å². The molecule has 0 saturated heterocycles. The van der Waals surface area contributed by atoms with Crippen molar-refractivity contribution in [1.82, 2.24) is 15.0 Å². The molecule has 1 saturated carbocycles. The Morgan fingerprint density at radius 3 is 2.68 bits per heavy atom. The zero-order chi connectivity index (χ0) is 19.7. The molecule has 1 atom stereocenters. The molecule has 2 amide bonds. The maximum Gasteiger partial charge on any atom is 0.271 e. The molecular formula is C19H19N7O2. The smallest absolute Gasteiger partial charge is 0.271 e. The van der Waals surface area contributed by atoms with Crippen molar-refractivity contribution in [3.8, 4) is 0 Å². The lowest BCUT2D eigenvalue weighted by atomic mass is 10.2. The molecule has 6 N–H and O–H groups in total. The van der Waals surface area contributed by atoms with Crippen LogP contribution in [-0.4, -0.2) is 32.8 Å². The number of fused-ring (bicyclic) bond motifs is 1. The van der Waals surface area contributed by atoms with Gasteiger partial charge in [-0.1, -0.05) is 6.07 Å². The Morgan fingerprint density at radius 2 is 1.96 bits per heavy atom. The van der Waals surface area contributed by atoms with E-state index in [1.807, 2.05) is 30.3 Å². The van der Waals surface area contributed by atoms with E-state index >= 15 is 0 Å². The molecule has 0 radical (unpaired) electrons. The molecule has 2 aromatic heterocycles. The maximum absolute atomic E-state index is 11.8. The number of carbonyl (C=O) groups excluding carboxylic acids is 2. The first-order valence-electron chi connectivity index (χ1n) is 8.86. The standard InChI is InChI=1S/C19H19N7O2/c20-17(27)15(10-3-4-10)25-14-9-23-16(18(21)28)19(26-14)24-12-5-6-13-11(8-12)2-1-7-22-13/h1-2,5-10,15H,3-4H2,(H2,20,27)(H2,21,28)(H2,24,25,26)/t15-/m1/s1. The number of nitrogens with one attached hydrogen (secondary N) is 2. The average molecular weight is 377 g/mol. The molecule has 9 heteroatoms. The molecule has 2 heterocycles. The molecular weight excluding hydrogens is 358 g/mol. The molecule has 4 rings (SSSR count). The third kappa shape index (κ3) is 3.68. The third-order valence-corrected chi connectivity index (χ3v) is 4.57. The average Bonchev–Trinajstić information content (AvgIpc) is 3.51. The summed E-state index contributed by atoms with van der Waals surface area (Å²) in [6, 6.07) is 8.80. The Hall–Kier alpha value is -3.75. The van der Waals surface area contributed by atoms with Crippen LogP contribution in [0.1, 0.15) is 23.3 Å². The monoisotopic (exact) mass is 377 g/mol. The van der Waals surface area contributed by atoms with E-state index in [4.69, 9.17) is 11.5 Å². The van der Waals surface area contributed by atoms with Gasteiger partial charge < -0.3 is 22.1 Å². The summed E-state index contributed by atoms with van der Waals surface area (Å²) in [7, 11) is 0. The van der Waals surface area contributed by atoms with Crippen LogP contribution < -0.4 is 22.1 Å². The van der Waals surface area contributed by atoms with Crippen molar-refractivity contribution in [1.29, 1.82) is 0 Å². The molecule has 1 aliphatic rings. The normalized spacial score (nSPS) is 14.4. The van der Waals surface area contributed by atoms with Gasteiger partial charge in [-0.15, -0.1) is 0 Å². The minimum Gasteiger partial charge on any atom is -0.368 e. The van der Waals surface area contributed by atoms with Gasteiger partial charge >= 0.3 is 0 Å². The molecule has 3 aromatic rings. The maximum atomic E-state index is 11.8.